The second kappa shape index (κ2) is 6.93. The van der Waals surface area contributed by atoms with Gasteiger partial charge in [-0.25, -0.2) is 0 Å². The van der Waals surface area contributed by atoms with Crippen LogP contribution in [0, 0.1) is 0 Å². The number of amides is 1. The van der Waals surface area contributed by atoms with Gasteiger partial charge in [0.15, 0.2) is 0 Å². The lowest BCUT2D eigenvalue weighted by Gasteiger charge is -2.33. The molecule has 3 rings (SSSR count). The van der Waals surface area contributed by atoms with Gasteiger partial charge in [-0.2, -0.15) is 11.3 Å². The Morgan fingerprint density at radius 1 is 1.33 bits per heavy atom. The number of nitrogen functional groups attached to an aromatic ring is 1. The van der Waals surface area contributed by atoms with Gasteiger partial charge in [-0.15, -0.1) is 12.4 Å². The minimum atomic E-state index is -0.0381. The molecule has 0 radical (unpaired) electrons. The number of nitrogens with two attached hydrogens (primary N) is 1. The number of benzene rings is 1. The van der Waals surface area contributed by atoms with E-state index >= 15 is 0 Å². The molecule has 1 unspecified atom stereocenters. The van der Waals surface area contributed by atoms with Gasteiger partial charge < -0.3 is 15.4 Å². The molecule has 1 atom stereocenters. The molecule has 112 valence electrons. The van der Waals surface area contributed by atoms with E-state index in [1.54, 1.807) is 23.5 Å². The Labute approximate surface area is 133 Å². The van der Waals surface area contributed by atoms with Crippen molar-refractivity contribution in [2.24, 2.45) is 0 Å². The van der Waals surface area contributed by atoms with Gasteiger partial charge in [-0.1, -0.05) is 12.1 Å². The van der Waals surface area contributed by atoms with Crippen molar-refractivity contribution >= 4 is 35.3 Å². The highest BCUT2D eigenvalue weighted by atomic mass is 35.5. The van der Waals surface area contributed by atoms with Gasteiger partial charge in [0.05, 0.1) is 18.7 Å². The summed E-state index contributed by atoms with van der Waals surface area (Å²) >= 11 is 1.64. The molecule has 0 saturated carbocycles. The zero-order valence-electron chi connectivity index (χ0n) is 11.4. The highest BCUT2D eigenvalue weighted by molar-refractivity contribution is 7.07. The van der Waals surface area contributed by atoms with Crippen LogP contribution >= 0.6 is 23.7 Å². The Morgan fingerprint density at radius 2 is 2.14 bits per heavy atom. The van der Waals surface area contributed by atoms with Crippen LogP contribution in [-0.4, -0.2) is 30.5 Å². The van der Waals surface area contributed by atoms with Crippen molar-refractivity contribution in [1.29, 1.82) is 0 Å². The average molecular weight is 325 g/mol. The number of halogens is 1. The van der Waals surface area contributed by atoms with Gasteiger partial charge in [-0.05, 0) is 34.5 Å². The number of morpholine rings is 1. The van der Waals surface area contributed by atoms with Crippen LogP contribution in [0.3, 0.4) is 0 Å². The molecule has 1 aliphatic heterocycles. The molecule has 2 heterocycles. The lowest BCUT2D eigenvalue weighted by molar-refractivity contribution is -0.0226. The SMILES string of the molecule is Cl.Nc1ccccc1C(=O)N1CCOC(c2ccsc2)C1. The van der Waals surface area contributed by atoms with Crippen LogP contribution in [0.25, 0.3) is 0 Å². The molecular formula is C15H17ClN2O2S. The molecule has 0 bridgehead atoms. The monoisotopic (exact) mass is 324 g/mol. The Bertz CT molecular complexity index is 603. The van der Waals surface area contributed by atoms with Crippen molar-refractivity contribution in [2.45, 2.75) is 6.10 Å². The summed E-state index contributed by atoms with van der Waals surface area (Å²) in [5, 5.41) is 4.09. The fourth-order valence-electron chi connectivity index (χ4n) is 2.36. The molecule has 1 fully saturated rings. The number of thiophene rings is 1. The Morgan fingerprint density at radius 3 is 2.86 bits per heavy atom. The summed E-state index contributed by atoms with van der Waals surface area (Å²) in [4.78, 5) is 14.3. The molecule has 0 aliphatic carbocycles. The van der Waals surface area contributed by atoms with E-state index in [0.717, 1.165) is 5.56 Å². The van der Waals surface area contributed by atoms with Gasteiger partial charge in [0.1, 0.15) is 6.10 Å². The van der Waals surface area contributed by atoms with Crippen molar-refractivity contribution in [3.05, 3.63) is 52.2 Å². The maximum Gasteiger partial charge on any atom is 0.256 e. The summed E-state index contributed by atoms with van der Waals surface area (Å²) in [6, 6.07) is 9.23. The fourth-order valence-corrected chi connectivity index (χ4v) is 3.06. The van der Waals surface area contributed by atoms with E-state index in [1.165, 1.54) is 0 Å². The predicted molar refractivity (Wildman–Crippen MR) is 87.0 cm³/mol. The van der Waals surface area contributed by atoms with E-state index in [9.17, 15) is 4.79 Å². The molecule has 1 aliphatic rings. The van der Waals surface area contributed by atoms with Crippen LogP contribution in [-0.2, 0) is 4.74 Å². The van der Waals surface area contributed by atoms with Gasteiger partial charge in [0.2, 0.25) is 0 Å². The zero-order valence-corrected chi connectivity index (χ0v) is 13.0. The van der Waals surface area contributed by atoms with Crippen LogP contribution in [0.15, 0.2) is 41.1 Å². The fraction of sp³-hybridized carbons (Fsp3) is 0.267. The van der Waals surface area contributed by atoms with Crippen molar-refractivity contribution in [1.82, 2.24) is 4.90 Å². The molecule has 1 aromatic carbocycles. The number of anilines is 1. The van der Waals surface area contributed by atoms with E-state index in [-0.39, 0.29) is 24.4 Å². The van der Waals surface area contributed by atoms with Crippen molar-refractivity contribution in [3.63, 3.8) is 0 Å². The van der Waals surface area contributed by atoms with Crippen molar-refractivity contribution in [3.8, 4) is 0 Å². The summed E-state index contributed by atoms with van der Waals surface area (Å²) in [5.74, 6) is -0.0216. The van der Waals surface area contributed by atoms with E-state index in [0.29, 0.717) is 30.9 Å². The quantitative estimate of drug-likeness (QED) is 0.864. The predicted octanol–water partition coefficient (Wildman–Crippen LogP) is 2.97. The molecule has 6 heteroatoms. The number of carbonyl (C=O) groups excluding carboxylic acids is 1. The molecule has 1 aromatic heterocycles. The Balaban J connectivity index is 0.00000161. The summed E-state index contributed by atoms with van der Waals surface area (Å²) in [5.41, 5.74) is 8.11. The first kappa shape index (κ1) is 15.8. The number of hydrogen-bond acceptors (Lipinski definition) is 4. The first-order valence-electron chi connectivity index (χ1n) is 6.53. The largest absolute Gasteiger partial charge is 0.398 e. The first-order chi connectivity index (χ1) is 9.75. The lowest BCUT2D eigenvalue weighted by Crippen LogP contribution is -2.42. The normalized spacial score (nSPS) is 18.1. The second-order valence-electron chi connectivity index (χ2n) is 4.75. The summed E-state index contributed by atoms with van der Waals surface area (Å²) in [6.07, 6.45) is -0.0381. The number of hydrogen-bond donors (Lipinski definition) is 1. The minimum Gasteiger partial charge on any atom is -0.398 e. The molecular weight excluding hydrogens is 308 g/mol. The molecule has 2 N–H and O–H groups in total. The zero-order chi connectivity index (χ0) is 13.9. The lowest BCUT2D eigenvalue weighted by atomic mass is 10.1. The van der Waals surface area contributed by atoms with Crippen LogP contribution in [0.1, 0.15) is 22.0 Å². The second-order valence-corrected chi connectivity index (χ2v) is 5.53. The smallest absolute Gasteiger partial charge is 0.256 e. The standard InChI is InChI=1S/C15H16N2O2S.ClH/c16-13-4-2-1-3-12(13)15(18)17-6-7-19-14(9-17)11-5-8-20-10-11;/h1-5,8,10,14H,6-7,9,16H2;1H. The summed E-state index contributed by atoms with van der Waals surface area (Å²) in [6.45, 7) is 1.73. The van der Waals surface area contributed by atoms with Gasteiger partial charge in [0, 0.05) is 12.2 Å². The third kappa shape index (κ3) is 3.37. The highest BCUT2D eigenvalue weighted by Gasteiger charge is 2.27. The van der Waals surface area contributed by atoms with Crippen molar-refractivity contribution in [2.75, 3.05) is 25.4 Å². The highest BCUT2D eigenvalue weighted by Crippen LogP contribution is 2.25. The maximum atomic E-state index is 12.5. The molecule has 4 nitrogen and oxygen atoms in total. The van der Waals surface area contributed by atoms with Crippen molar-refractivity contribution < 1.29 is 9.53 Å². The number of para-hydroxylation sites is 1. The molecule has 2 aromatic rings. The van der Waals surface area contributed by atoms with Gasteiger partial charge >= 0.3 is 0 Å². The van der Waals surface area contributed by atoms with Crippen LogP contribution in [0.5, 0.6) is 0 Å². The number of ether oxygens (including phenoxy) is 1. The first-order valence-corrected chi connectivity index (χ1v) is 7.47. The van der Waals surface area contributed by atoms with Crippen LogP contribution in [0.4, 0.5) is 5.69 Å². The van der Waals surface area contributed by atoms with E-state index in [1.807, 2.05) is 28.5 Å². The molecule has 1 amide bonds. The number of rotatable bonds is 2. The third-order valence-electron chi connectivity index (χ3n) is 3.46. The van der Waals surface area contributed by atoms with E-state index in [2.05, 4.69) is 5.38 Å². The van der Waals surface area contributed by atoms with E-state index < -0.39 is 0 Å². The number of nitrogens with zero attached hydrogens (tertiary/aromatic N) is 1. The van der Waals surface area contributed by atoms with Crippen LogP contribution < -0.4 is 5.73 Å². The minimum absolute atomic E-state index is 0. The van der Waals surface area contributed by atoms with E-state index in [4.69, 9.17) is 10.5 Å². The summed E-state index contributed by atoms with van der Waals surface area (Å²) in [7, 11) is 0. The van der Waals surface area contributed by atoms with Gasteiger partial charge in [0.25, 0.3) is 5.91 Å². The maximum absolute atomic E-state index is 12.5. The Hall–Kier alpha value is -1.56. The average Bonchev–Trinajstić information content (AvgIpc) is 3.01. The topological polar surface area (TPSA) is 55.6 Å². The third-order valence-corrected chi connectivity index (χ3v) is 4.16. The van der Waals surface area contributed by atoms with Crippen LogP contribution in [0.2, 0.25) is 0 Å². The van der Waals surface area contributed by atoms with Gasteiger partial charge in [-0.3, -0.25) is 4.79 Å². The Kier molecular flexibility index (Phi) is 5.22. The molecule has 0 spiro atoms. The summed E-state index contributed by atoms with van der Waals surface area (Å²) < 4.78 is 5.75. The molecule has 1 saturated heterocycles. The molecule has 21 heavy (non-hydrogen) atoms. The number of carbonyl (C=O) groups is 1.